The fourth-order valence-corrected chi connectivity index (χ4v) is 6.18. The van der Waals surface area contributed by atoms with Crippen LogP contribution in [0.2, 0.25) is 0 Å². The first-order chi connectivity index (χ1) is 9.23. The van der Waals surface area contributed by atoms with Gasteiger partial charge in [0, 0.05) is 23.8 Å². The molecule has 4 nitrogen and oxygen atoms in total. The monoisotopic (exact) mass is 291 g/mol. The van der Waals surface area contributed by atoms with E-state index in [9.17, 15) is 13.2 Å². The molecule has 2 heterocycles. The lowest BCUT2D eigenvalue weighted by atomic mass is 9.81. The first kappa shape index (κ1) is 12.5. The van der Waals surface area contributed by atoms with E-state index in [1.165, 1.54) is 4.31 Å². The number of sulfonamides is 1. The summed E-state index contributed by atoms with van der Waals surface area (Å²) in [5.41, 5.74) is -0.456. The Hall–Kier alpha value is -1.20. The van der Waals surface area contributed by atoms with E-state index in [2.05, 4.69) is 0 Å². The van der Waals surface area contributed by atoms with Gasteiger partial charge in [-0.2, -0.15) is 4.31 Å². The van der Waals surface area contributed by atoms with Gasteiger partial charge in [0.15, 0.2) is 5.78 Å². The third-order valence-electron chi connectivity index (χ3n) is 4.97. The fourth-order valence-electron chi connectivity index (χ4n) is 4.11. The molecule has 1 aromatic carbocycles. The predicted molar refractivity (Wildman–Crippen MR) is 73.8 cm³/mol. The number of carbonyl (C=O) groups excluding carboxylic acids is 1. The highest BCUT2D eigenvalue weighted by Gasteiger charge is 2.85. The summed E-state index contributed by atoms with van der Waals surface area (Å²) in [4.78, 5) is 13.2. The molecule has 0 radical (unpaired) electrons. The van der Waals surface area contributed by atoms with Gasteiger partial charge in [-0.25, -0.2) is 8.42 Å². The first-order valence-corrected chi connectivity index (χ1v) is 8.34. The fraction of sp³-hybridized carbons (Fsp3) is 0.533. The second kappa shape index (κ2) is 3.17. The maximum atomic E-state index is 12.8. The van der Waals surface area contributed by atoms with Gasteiger partial charge in [-0.15, -0.1) is 0 Å². The smallest absolute Gasteiger partial charge is 0.244 e. The predicted octanol–water partition coefficient (Wildman–Crippen LogP) is 1.77. The van der Waals surface area contributed by atoms with Crippen molar-refractivity contribution in [2.45, 2.75) is 37.1 Å². The summed E-state index contributed by atoms with van der Waals surface area (Å²) in [5, 5.41) is 0. The van der Waals surface area contributed by atoms with Crippen LogP contribution in [0, 0.1) is 11.3 Å². The van der Waals surface area contributed by atoms with Crippen LogP contribution >= 0.6 is 0 Å². The minimum Gasteiger partial charge on any atom is -0.297 e. The highest BCUT2D eigenvalue weighted by atomic mass is 32.2. The van der Waals surface area contributed by atoms with Crippen LogP contribution in [-0.4, -0.2) is 30.6 Å². The molecule has 0 unspecified atom stereocenters. The van der Waals surface area contributed by atoms with Gasteiger partial charge in [0.1, 0.15) is 5.54 Å². The number of ketones is 1. The third kappa shape index (κ3) is 1.10. The molecule has 1 aliphatic carbocycles. The Labute approximate surface area is 118 Å². The molecule has 0 N–H and O–H groups in total. The van der Waals surface area contributed by atoms with Crippen LogP contribution in [0.25, 0.3) is 0 Å². The topological polar surface area (TPSA) is 54.5 Å². The maximum Gasteiger partial charge on any atom is 0.244 e. The van der Waals surface area contributed by atoms with Gasteiger partial charge >= 0.3 is 0 Å². The summed E-state index contributed by atoms with van der Waals surface area (Å²) < 4.78 is 26.8. The van der Waals surface area contributed by atoms with Crippen molar-refractivity contribution in [3.63, 3.8) is 0 Å². The van der Waals surface area contributed by atoms with Gasteiger partial charge in [0.05, 0.1) is 4.90 Å². The van der Waals surface area contributed by atoms with Crippen molar-refractivity contribution in [2.24, 2.45) is 11.3 Å². The van der Waals surface area contributed by atoms with Gasteiger partial charge in [-0.3, -0.25) is 4.79 Å². The average Bonchev–Trinajstić information content (AvgIpc) is 2.89. The number of benzene rings is 1. The summed E-state index contributed by atoms with van der Waals surface area (Å²) in [7, 11) is -3.51. The molecular weight excluding hydrogens is 274 g/mol. The van der Waals surface area contributed by atoms with Crippen molar-refractivity contribution in [1.29, 1.82) is 0 Å². The second-order valence-electron chi connectivity index (χ2n) is 7.06. The Morgan fingerprint density at radius 3 is 2.60 bits per heavy atom. The largest absolute Gasteiger partial charge is 0.297 e. The van der Waals surface area contributed by atoms with E-state index < -0.39 is 21.0 Å². The molecule has 1 saturated carbocycles. The molecule has 0 amide bonds. The van der Waals surface area contributed by atoms with E-state index in [-0.39, 0.29) is 17.6 Å². The SMILES string of the molecule is CC(C)(C)C(=O)[C@@]12[C@@H]3c4ccccc4S(=O)(=O)N1C[C@@H]32. The highest BCUT2D eigenvalue weighted by Crippen LogP contribution is 2.74. The first-order valence-electron chi connectivity index (χ1n) is 6.90. The van der Waals surface area contributed by atoms with Gasteiger partial charge in [-0.05, 0) is 11.6 Å². The molecule has 0 aromatic heterocycles. The minimum absolute atomic E-state index is 0.0596. The number of Topliss-reactive ketones (excluding diaryl/α,β-unsaturated/α-hetero) is 1. The molecule has 1 saturated heterocycles. The Kier molecular flexibility index (Phi) is 1.99. The summed E-state index contributed by atoms with van der Waals surface area (Å²) in [6.07, 6.45) is 0. The Balaban J connectivity index is 1.94. The van der Waals surface area contributed by atoms with Crippen molar-refractivity contribution in [3.8, 4) is 0 Å². The molecule has 20 heavy (non-hydrogen) atoms. The highest BCUT2D eigenvalue weighted by molar-refractivity contribution is 7.89. The molecule has 3 aliphatic rings. The molecule has 1 aromatic rings. The standard InChI is InChI=1S/C15H17NO3S/c1-14(2,3)13(17)15-10-8-16(15)20(18,19)11-7-5-4-6-9(11)12(10)15/h4-7,10,12H,8H2,1-3H3/t10-,12+,15+/m0/s1. The molecule has 4 rings (SSSR count). The van der Waals surface area contributed by atoms with E-state index in [1.54, 1.807) is 12.1 Å². The van der Waals surface area contributed by atoms with Gasteiger partial charge in [-0.1, -0.05) is 39.0 Å². The normalized spacial score (nSPS) is 36.5. The number of hydrogen-bond acceptors (Lipinski definition) is 3. The lowest BCUT2D eigenvalue weighted by Gasteiger charge is -2.43. The van der Waals surface area contributed by atoms with E-state index >= 15 is 0 Å². The number of rotatable bonds is 1. The van der Waals surface area contributed by atoms with E-state index in [4.69, 9.17) is 0 Å². The molecule has 106 valence electrons. The zero-order valence-electron chi connectivity index (χ0n) is 11.8. The van der Waals surface area contributed by atoms with Crippen LogP contribution in [0.4, 0.5) is 0 Å². The zero-order valence-corrected chi connectivity index (χ0v) is 12.6. The molecule has 0 bridgehead atoms. The Morgan fingerprint density at radius 2 is 1.95 bits per heavy atom. The number of hydrogen-bond donors (Lipinski definition) is 0. The molecule has 3 atom stereocenters. The van der Waals surface area contributed by atoms with Crippen molar-refractivity contribution < 1.29 is 13.2 Å². The van der Waals surface area contributed by atoms with E-state index in [0.717, 1.165) is 5.56 Å². The van der Waals surface area contributed by atoms with Crippen molar-refractivity contribution in [1.82, 2.24) is 4.31 Å². The van der Waals surface area contributed by atoms with Crippen LogP contribution in [0.5, 0.6) is 0 Å². The van der Waals surface area contributed by atoms with Crippen LogP contribution in [0.3, 0.4) is 0 Å². The number of nitrogens with zero attached hydrogens (tertiary/aromatic N) is 1. The Bertz CT molecular complexity index is 747. The van der Waals surface area contributed by atoms with Crippen molar-refractivity contribution >= 4 is 15.8 Å². The average molecular weight is 291 g/mol. The van der Waals surface area contributed by atoms with Crippen LogP contribution in [-0.2, 0) is 14.8 Å². The Morgan fingerprint density at radius 1 is 1.30 bits per heavy atom. The lowest BCUT2D eigenvalue weighted by molar-refractivity contribution is -0.135. The van der Waals surface area contributed by atoms with Crippen molar-refractivity contribution in [3.05, 3.63) is 29.8 Å². The summed E-state index contributed by atoms with van der Waals surface area (Å²) in [5.74, 6) is 0.297. The van der Waals surface area contributed by atoms with Gasteiger partial charge in [0.2, 0.25) is 10.0 Å². The van der Waals surface area contributed by atoms with Crippen molar-refractivity contribution in [2.75, 3.05) is 6.54 Å². The van der Waals surface area contributed by atoms with Crippen LogP contribution < -0.4 is 0 Å². The molecular formula is C15H17NO3S. The van der Waals surface area contributed by atoms with Crippen LogP contribution in [0.15, 0.2) is 29.2 Å². The molecule has 2 aliphatic heterocycles. The summed E-state index contributed by atoms with van der Waals surface area (Å²) in [6, 6.07) is 7.13. The summed E-state index contributed by atoms with van der Waals surface area (Å²) >= 11 is 0. The molecule has 0 spiro atoms. The van der Waals surface area contributed by atoms with Gasteiger partial charge < -0.3 is 0 Å². The number of fused-ring (bicyclic) bond motifs is 3. The molecule has 5 heteroatoms. The second-order valence-corrected chi connectivity index (χ2v) is 8.89. The third-order valence-corrected chi connectivity index (χ3v) is 6.93. The quantitative estimate of drug-likeness (QED) is 0.792. The number of carbonyl (C=O) groups is 1. The van der Waals surface area contributed by atoms with Gasteiger partial charge in [0.25, 0.3) is 0 Å². The van der Waals surface area contributed by atoms with E-state index in [0.29, 0.717) is 11.4 Å². The minimum atomic E-state index is -3.51. The molecule has 2 fully saturated rings. The maximum absolute atomic E-state index is 12.8. The van der Waals surface area contributed by atoms with Crippen LogP contribution in [0.1, 0.15) is 32.3 Å². The van der Waals surface area contributed by atoms with E-state index in [1.807, 2.05) is 32.9 Å². The summed E-state index contributed by atoms with van der Waals surface area (Å²) in [6.45, 7) is 6.09. The lowest BCUT2D eigenvalue weighted by Crippen LogP contribution is -2.61. The zero-order chi connectivity index (χ0) is 14.5.